The topological polar surface area (TPSA) is 52.6 Å². The molecule has 0 saturated carbocycles. The first kappa shape index (κ1) is 26.9. The fourth-order valence-corrected chi connectivity index (χ4v) is 3.24. The number of carbonyl (C=O) groups excluding carboxylic acids is 2. The van der Waals surface area contributed by atoms with Crippen LogP contribution in [0, 0.1) is 11.8 Å². The van der Waals surface area contributed by atoms with E-state index in [9.17, 15) is 9.59 Å². The van der Waals surface area contributed by atoms with Crippen LogP contribution in [0.15, 0.2) is 0 Å². The van der Waals surface area contributed by atoms with Crippen LogP contribution in [0.3, 0.4) is 0 Å². The van der Waals surface area contributed by atoms with Gasteiger partial charge < -0.3 is 9.47 Å². The van der Waals surface area contributed by atoms with Crippen molar-refractivity contribution in [2.24, 2.45) is 11.8 Å². The van der Waals surface area contributed by atoms with Crippen molar-refractivity contribution in [2.75, 3.05) is 13.2 Å². The van der Waals surface area contributed by atoms with Crippen molar-refractivity contribution in [1.82, 2.24) is 0 Å². The molecule has 0 bridgehead atoms. The van der Waals surface area contributed by atoms with Gasteiger partial charge in [-0.3, -0.25) is 9.59 Å². The Bertz CT molecular complexity index is 379. The number of unbranched alkanes of at least 4 members (excludes halogenated alkanes) is 8. The van der Waals surface area contributed by atoms with Crippen LogP contribution in [-0.4, -0.2) is 25.2 Å². The molecule has 0 heterocycles. The molecule has 0 aliphatic rings. The quantitative estimate of drug-likeness (QED) is 0.176. The number of carbonyl (C=O) groups is 2. The van der Waals surface area contributed by atoms with E-state index < -0.39 is 0 Å². The van der Waals surface area contributed by atoms with E-state index in [1.807, 2.05) is 0 Å². The normalized spacial score (nSPS) is 12.2. The molecule has 0 rings (SSSR count). The Hall–Kier alpha value is -1.06. The van der Waals surface area contributed by atoms with Crippen LogP contribution in [0.25, 0.3) is 0 Å². The molecular weight excluding hydrogens is 352 g/mol. The Morgan fingerprint density at radius 1 is 0.679 bits per heavy atom. The fourth-order valence-electron chi connectivity index (χ4n) is 3.24. The van der Waals surface area contributed by atoms with Crippen LogP contribution in [0.4, 0.5) is 0 Å². The Morgan fingerprint density at radius 3 is 1.71 bits per heavy atom. The molecule has 166 valence electrons. The van der Waals surface area contributed by atoms with Crippen molar-refractivity contribution in [2.45, 2.75) is 118 Å². The third-order valence-corrected chi connectivity index (χ3v) is 5.35. The third-order valence-electron chi connectivity index (χ3n) is 5.35. The lowest BCUT2D eigenvalue weighted by Crippen LogP contribution is -2.16. The van der Waals surface area contributed by atoms with Crippen molar-refractivity contribution in [1.29, 1.82) is 0 Å². The molecule has 0 aromatic rings. The molecule has 0 aromatic carbocycles. The number of hydrogen-bond acceptors (Lipinski definition) is 4. The Morgan fingerprint density at radius 2 is 1.18 bits per heavy atom. The highest BCUT2D eigenvalue weighted by molar-refractivity contribution is 5.69. The highest BCUT2D eigenvalue weighted by atomic mass is 16.5. The van der Waals surface area contributed by atoms with Crippen LogP contribution in [-0.2, 0) is 19.1 Å². The average Bonchev–Trinajstić information content (AvgIpc) is 2.66. The minimum Gasteiger partial charge on any atom is -0.466 e. The molecule has 0 saturated heterocycles. The Balaban J connectivity index is 3.62. The number of hydrogen-bond donors (Lipinski definition) is 0. The minimum absolute atomic E-state index is 0.0274. The molecule has 0 radical (unpaired) electrons. The number of ether oxygens (including phenoxy) is 2. The maximum atomic E-state index is 11.9. The standard InChI is InChI=1S/C24H46O4/c1-5-7-18-27-23(25)17-15-13-11-9-10-12-14-16-22(21(3)4)20-24(26)28-19-8-6-2/h21-22H,5-20H2,1-4H3. The average molecular weight is 399 g/mol. The lowest BCUT2D eigenvalue weighted by molar-refractivity contribution is -0.145. The first-order chi connectivity index (χ1) is 13.5. The summed E-state index contributed by atoms with van der Waals surface area (Å²) in [4.78, 5) is 23.4. The highest BCUT2D eigenvalue weighted by Crippen LogP contribution is 2.23. The van der Waals surface area contributed by atoms with Crippen LogP contribution < -0.4 is 0 Å². The van der Waals surface area contributed by atoms with Crippen molar-refractivity contribution in [3.05, 3.63) is 0 Å². The maximum absolute atomic E-state index is 11.9. The lowest BCUT2D eigenvalue weighted by atomic mass is 9.87. The van der Waals surface area contributed by atoms with Crippen LogP contribution in [0.1, 0.15) is 118 Å². The molecule has 0 N–H and O–H groups in total. The summed E-state index contributed by atoms with van der Waals surface area (Å²) in [5, 5.41) is 0. The first-order valence-electron chi connectivity index (χ1n) is 11.8. The van der Waals surface area contributed by atoms with Crippen molar-refractivity contribution >= 4 is 11.9 Å². The van der Waals surface area contributed by atoms with Crippen molar-refractivity contribution in [3.8, 4) is 0 Å². The molecular formula is C24H46O4. The van der Waals surface area contributed by atoms with Crippen LogP contribution in [0.5, 0.6) is 0 Å². The predicted octanol–water partition coefficient (Wildman–Crippen LogP) is 6.85. The summed E-state index contributed by atoms with van der Waals surface area (Å²) in [7, 11) is 0. The summed E-state index contributed by atoms with van der Waals surface area (Å²) in [5.74, 6) is 0.894. The van der Waals surface area contributed by atoms with E-state index in [0.717, 1.165) is 44.9 Å². The second kappa shape index (κ2) is 19.3. The zero-order valence-corrected chi connectivity index (χ0v) is 19.1. The predicted molar refractivity (Wildman–Crippen MR) is 116 cm³/mol. The summed E-state index contributed by atoms with van der Waals surface area (Å²) in [6, 6.07) is 0. The van der Waals surface area contributed by atoms with Crippen LogP contribution in [0.2, 0.25) is 0 Å². The molecule has 0 aliphatic heterocycles. The largest absolute Gasteiger partial charge is 0.466 e. The monoisotopic (exact) mass is 398 g/mol. The molecule has 1 atom stereocenters. The van der Waals surface area contributed by atoms with E-state index in [1.54, 1.807) is 0 Å². The van der Waals surface area contributed by atoms with E-state index in [0.29, 0.717) is 37.9 Å². The highest BCUT2D eigenvalue weighted by Gasteiger charge is 2.18. The fraction of sp³-hybridized carbons (Fsp3) is 0.917. The summed E-state index contributed by atoms with van der Waals surface area (Å²) in [5.41, 5.74) is 0. The van der Waals surface area contributed by atoms with Crippen molar-refractivity contribution in [3.63, 3.8) is 0 Å². The van der Waals surface area contributed by atoms with Gasteiger partial charge in [0.15, 0.2) is 0 Å². The van der Waals surface area contributed by atoms with Gasteiger partial charge in [-0.2, -0.15) is 0 Å². The molecule has 0 fully saturated rings. The van der Waals surface area contributed by atoms with Gasteiger partial charge in [0.25, 0.3) is 0 Å². The van der Waals surface area contributed by atoms with Gasteiger partial charge in [0.1, 0.15) is 0 Å². The molecule has 4 nitrogen and oxygen atoms in total. The van der Waals surface area contributed by atoms with E-state index in [1.165, 1.54) is 32.1 Å². The van der Waals surface area contributed by atoms with Gasteiger partial charge in [0.2, 0.25) is 0 Å². The Kier molecular flexibility index (Phi) is 18.5. The minimum atomic E-state index is -0.0404. The maximum Gasteiger partial charge on any atom is 0.306 e. The van der Waals surface area contributed by atoms with Gasteiger partial charge in [-0.15, -0.1) is 0 Å². The van der Waals surface area contributed by atoms with E-state index in [-0.39, 0.29) is 11.9 Å². The molecule has 0 amide bonds. The van der Waals surface area contributed by atoms with Gasteiger partial charge in [-0.25, -0.2) is 0 Å². The van der Waals surface area contributed by atoms with E-state index in [4.69, 9.17) is 9.47 Å². The molecule has 0 aliphatic carbocycles. The van der Waals surface area contributed by atoms with Gasteiger partial charge in [0, 0.05) is 12.8 Å². The lowest BCUT2D eigenvalue weighted by Gasteiger charge is -2.20. The van der Waals surface area contributed by atoms with Crippen molar-refractivity contribution < 1.29 is 19.1 Å². The number of rotatable bonds is 19. The second-order valence-electron chi connectivity index (χ2n) is 8.37. The zero-order chi connectivity index (χ0) is 21.0. The number of esters is 2. The SMILES string of the molecule is CCCCOC(=O)CCCCCCCCCC(CC(=O)OCCCC)C(C)C. The van der Waals surface area contributed by atoms with E-state index in [2.05, 4.69) is 27.7 Å². The molecule has 4 heteroatoms. The van der Waals surface area contributed by atoms with Crippen LogP contribution >= 0.6 is 0 Å². The van der Waals surface area contributed by atoms with E-state index >= 15 is 0 Å². The van der Waals surface area contributed by atoms with Gasteiger partial charge in [-0.1, -0.05) is 79.1 Å². The summed E-state index contributed by atoms with van der Waals surface area (Å²) in [6.45, 7) is 9.75. The first-order valence-corrected chi connectivity index (χ1v) is 11.8. The summed E-state index contributed by atoms with van der Waals surface area (Å²) < 4.78 is 10.5. The second-order valence-corrected chi connectivity index (χ2v) is 8.37. The molecule has 1 unspecified atom stereocenters. The van der Waals surface area contributed by atoms with Gasteiger partial charge in [0.05, 0.1) is 13.2 Å². The molecule has 0 spiro atoms. The van der Waals surface area contributed by atoms with Gasteiger partial charge in [-0.05, 0) is 37.5 Å². The third kappa shape index (κ3) is 17.1. The summed E-state index contributed by atoms with van der Waals surface area (Å²) >= 11 is 0. The van der Waals surface area contributed by atoms with Gasteiger partial charge >= 0.3 is 11.9 Å². The smallest absolute Gasteiger partial charge is 0.306 e. The molecule has 28 heavy (non-hydrogen) atoms. The Labute approximate surface area is 174 Å². The summed E-state index contributed by atoms with van der Waals surface area (Å²) in [6.07, 6.45) is 14.4. The molecule has 0 aromatic heterocycles. The zero-order valence-electron chi connectivity index (χ0n) is 19.1.